The molecule has 1 unspecified atom stereocenters. The fourth-order valence-electron chi connectivity index (χ4n) is 4.07. The molecular weight excluding hydrogens is 286 g/mol. The number of amides is 1. The number of fused-ring (bicyclic) bond motifs is 1. The third-order valence-corrected chi connectivity index (χ3v) is 5.93. The van der Waals surface area contributed by atoms with Crippen molar-refractivity contribution in [2.75, 3.05) is 19.7 Å². The fourth-order valence-corrected chi connectivity index (χ4v) is 4.07. The minimum Gasteiger partial charge on any atom is -0.396 e. The van der Waals surface area contributed by atoms with Gasteiger partial charge in [0.1, 0.15) is 0 Å². The summed E-state index contributed by atoms with van der Waals surface area (Å²) in [5.41, 5.74) is 3.83. The number of carbonyl (C=O) groups excluding carboxylic acids is 1. The van der Waals surface area contributed by atoms with Crippen LogP contribution in [0.4, 0.5) is 0 Å². The van der Waals surface area contributed by atoms with Gasteiger partial charge >= 0.3 is 0 Å². The number of carbonyl (C=O) groups is 1. The zero-order chi connectivity index (χ0) is 16.8. The number of aliphatic hydroxyl groups is 1. The highest BCUT2D eigenvalue weighted by molar-refractivity contribution is 5.94. The standard InChI is InChI=1S/C20H29NO2/c1-19(2)8-9-20(3,4)17-11-15(5-6-16(17)19)18(23)21-10-7-14(12-21)13-22/h5-6,11,14,22H,7-10,12-13H2,1-4H3. The molecule has 1 N–H and O–H groups in total. The summed E-state index contributed by atoms with van der Waals surface area (Å²) in [5, 5.41) is 9.28. The molecule has 23 heavy (non-hydrogen) atoms. The minimum atomic E-state index is 0.114. The highest BCUT2D eigenvalue weighted by Crippen LogP contribution is 2.46. The van der Waals surface area contributed by atoms with Crippen LogP contribution in [0.5, 0.6) is 0 Å². The average molecular weight is 315 g/mol. The summed E-state index contributed by atoms with van der Waals surface area (Å²) in [6.45, 7) is 10.8. The Balaban J connectivity index is 1.93. The summed E-state index contributed by atoms with van der Waals surface area (Å²) in [6, 6.07) is 6.30. The molecule has 0 radical (unpaired) electrons. The normalized spacial score (nSPS) is 25.3. The Morgan fingerprint density at radius 1 is 1.17 bits per heavy atom. The quantitative estimate of drug-likeness (QED) is 0.907. The maximum Gasteiger partial charge on any atom is 0.253 e. The molecule has 0 bridgehead atoms. The molecule has 0 aromatic heterocycles. The molecule has 3 rings (SSSR count). The van der Waals surface area contributed by atoms with Gasteiger partial charge in [-0.3, -0.25) is 4.79 Å². The van der Waals surface area contributed by atoms with Crippen molar-refractivity contribution in [3.63, 3.8) is 0 Å². The van der Waals surface area contributed by atoms with E-state index in [-0.39, 0.29) is 29.3 Å². The van der Waals surface area contributed by atoms with Crippen molar-refractivity contribution in [1.82, 2.24) is 4.90 Å². The second-order valence-corrected chi connectivity index (χ2v) is 8.62. The van der Waals surface area contributed by atoms with Gasteiger partial charge in [-0.15, -0.1) is 0 Å². The largest absolute Gasteiger partial charge is 0.396 e. The maximum absolute atomic E-state index is 12.8. The van der Waals surface area contributed by atoms with Crippen LogP contribution >= 0.6 is 0 Å². The van der Waals surface area contributed by atoms with Crippen molar-refractivity contribution in [2.24, 2.45) is 5.92 Å². The van der Waals surface area contributed by atoms with E-state index in [0.717, 1.165) is 24.9 Å². The summed E-state index contributed by atoms with van der Waals surface area (Å²) < 4.78 is 0. The molecule has 1 aromatic rings. The lowest BCUT2D eigenvalue weighted by Gasteiger charge is -2.42. The average Bonchev–Trinajstić information content (AvgIpc) is 3.00. The number of aliphatic hydroxyl groups excluding tert-OH is 1. The molecule has 1 aliphatic carbocycles. The van der Waals surface area contributed by atoms with Crippen molar-refractivity contribution in [3.8, 4) is 0 Å². The highest BCUT2D eigenvalue weighted by Gasteiger charge is 2.37. The Morgan fingerprint density at radius 3 is 2.43 bits per heavy atom. The lowest BCUT2D eigenvalue weighted by Crippen LogP contribution is -2.35. The molecule has 3 heteroatoms. The van der Waals surface area contributed by atoms with Gasteiger partial charge < -0.3 is 10.0 Å². The van der Waals surface area contributed by atoms with Gasteiger partial charge in [-0.25, -0.2) is 0 Å². The molecule has 1 fully saturated rings. The Bertz CT molecular complexity index is 618. The molecule has 1 heterocycles. The smallest absolute Gasteiger partial charge is 0.253 e. The maximum atomic E-state index is 12.8. The van der Waals surface area contributed by atoms with Crippen LogP contribution in [0, 0.1) is 5.92 Å². The van der Waals surface area contributed by atoms with Gasteiger partial charge in [-0.1, -0.05) is 33.8 Å². The van der Waals surface area contributed by atoms with Crippen LogP contribution in [0.25, 0.3) is 0 Å². The number of nitrogens with zero attached hydrogens (tertiary/aromatic N) is 1. The summed E-state index contributed by atoms with van der Waals surface area (Å²) in [4.78, 5) is 14.7. The van der Waals surface area contributed by atoms with Crippen molar-refractivity contribution in [2.45, 2.75) is 57.8 Å². The van der Waals surface area contributed by atoms with Crippen LogP contribution in [-0.2, 0) is 10.8 Å². The van der Waals surface area contributed by atoms with E-state index >= 15 is 0 Å². The molecule has 0 spiro atoms. The molecule has 3 nitrogen and oxygen atoms in total. The second kappa shape index (κ2) is 5.62. The van der Waals surface area contributed by atoms with Crippen molar-refractivity contribution >= 4 is 5.91 Å². The first-order chi connectivity index (χ1) is 10.7. The third kappa shape index (κ3) is 2.91. The SMILES string of the molecule is CC1(C)CCC(C)(C)c2cc(C(=O)N3CCC(CO)C3)ccc21. The van der Waals surface area contributed by atoms with E-state index in [9.17, 15) is 9.90 Å². The summed E-state index contributed by atoms with van der Waals surface area (Å²) in [7, 11) is 0. The molecule has 1 amide bonds. The van der Waals surface area contributed by atoms with Crippen molar-refractivity contribution in [1.29, 1.82) is 0 Å². The topological polar surface area (TPSA) is 40.5 Å². The van der Waals surface area contributed by atoms with Gasteiger partial charge in [0, 0.05) is 31.2 Å². The van der Waals surface area contributed by atoms with Crippen LogP contribution in [0.2, 0.25) is 0 Å². The zero-order valence-corrected chi connectivity index (χ0v) is 14.9. The van der Waals surface area contributed by atoms with E-state index in [4.69, 9.17) is 0 Å². The van der Waals surface area contributed by atoms with Gasteiger partial charge in [-0.05, 0) is 53.4 Å². The molecule has 1 aromatic carbocycles. The minimum absolute atomic E-state index is 0.114. The van der Waals surface area contributed by atoms with E-state index < -0.39 is 0 Å². The van der Waals surface area contributed by atoms with Gasteiger partial charge in [-0.2, -0.15) is 0 Å². The summed E-state index contributed by atoms with van der Waals surface area (Å²) in [5.74, 6) is 0.356. The molecule has 1 aliphatic heterocycles. The number of hydrogen-bond acceptors (Lipinski definition) is 2. The van der Waals surface area contributed by atoms with Crippen LogP contribution in [0.15, 0.2) is 18.2 Å². The fraction of sp³-hybridized carbons (Fsp3) is 0.650. The molecule has 0 saturated carbocycles. The van der Waals surface area contributed by atoms with Crippen LogP contribution < -0.4 is 0 Å². The Hall–Kier alpha value is -1.35. The first kappa shape index (κ1) is 16.5. The monoisotopic (exact) mass is 315 g/mol. The van der Waals surface area contributed by atoms with Crippen LogP contribution in [-0.4, -0.2) is 35.6 Å². The van der Waals surface area contributed by atoms with Gasteiger partial charge in [0.05, 0.1) is 0 Å². The highest BCUT2D eigenvalue weighted by atomic mass is 16.3. The zero-order valence-electron chi connectivity index (χ0n) is 14.9. The number of hydrogen-bond donors (Lipinski definition) is 1. The first-order valence-corrected chi connectivity index (χ1v) is 8.80. The van der Waals surface area contributed by atoms with E-state index in [1.165, 1.54) is 17.5 Å². The van der Waals surface area contributed by atoms with Crippen LogP contribution in [0.3, 0.4) is 0 Å². The van der Waals surface area contributed by atoms with E-state index in [2.05, 4.69) is 39.8 Å². The van der Waals surface area contributed by atoms with E-state index in [1.807, 2.05) is 11.0 Å². The predicted octanol–water partition coefficient (Wildman–Crippen LogP) is 3.49. The van der Waals surface area contributed by atoms with Gasteiger partial charge in [0.25, 0.3) is 5.91 Å². The van der Waals surface area contributed by atoms with Gasteiger partial charge in [0.15, 0.2) is 0 Å². The molecule has 1 atom stereocenters. The molecule has 126 valence electrons. The molecule has 1 saturated heterocycles. The first-order valence-electron chi connectivity index (χ1n) is 8.80. The Morgan fingerprint density at radius 2 is 1.83 bits per heavy atom. The second-order valence-electron chi connectivity index (χ2n) is 8.62. The third-order valence-electron chi connectivity index (χ3n) is 5.93. The van der Waals surface area contributed by atoms with Crippen LogP contribution in [0.1, 0.15) is 68.4 Å². The summed E-state index contributed by atoms with van der Waals surface area (Å²) in [6.07, 6.45) is 3.25. The Labute approximate surface area is 139 Å². The lowest BCUT2D eigenvalue weighted by molar-refractivity contribution is 0.0781. The summed E-state index contributed by atoms with van der Waals surface area (Å²) >= 11 is 0. The van der Waals surface area contributed by atoms with Gasteiger partial charge in [0.2, 0.25) is 0 Å². The van der Waals surface area contributed by atoms with Crippen molar-refractivity contribution in [3.05, 3.63) is 34.9 Å². The van der Waals surface area contributed by atoms with Crippen molar-refractivity contribution < 1.29 is 9.90 Å². The van der Waals surface area contributed by atoms with E-state index in [0.29, 0.717) is 6.54 Å². The Kier molecular flexibility index (Phi) is 4.04. The predicted molar refractivity (Wildman–Crippen MR) is 92.8 cm³/mol. The molecule has 2 aliphatic rings. The number of rotatable bonds is 2. The molecular formula is C20H29NO2. The number of likely N-dealkylation sites (tertiary alicyclic amines) is 1. The lowest BCUT2D eigenvalue weighted by atomic mass is 9.63. The number of benzene rings is 1. The van der Waals surface area contributed by atoms with E-state index in [1.54, 1.807) is 0 Å².